The van der Waals surface area contributed by atoms with Gasteiger partial charge in [-0.05, 0) is 89.5 Å². The molecule has 0 saturated carbocycles. The molecule has 4 heteroatoms. The van der Waals surface area contributed by atoms with Gasteiger partial charge in [0.2, 0.25) is 0 Å². The smallest absolute Gasteiger partial charge is 0.123 e. The van der Waals surface area contributed by atoms with Crippen LogP contribution in [-0.4, -0.2) is 6.54 Å². The molecule has 0 heterocycles. The molecule has 2 rings (SSSR count). The Hall–Kier alpha value is -0.460. The summed E-state index contributed by atoms with van der Waals surface area (Å²) in [4.78, 5) is 0. The summed E-state index contributed by atoms with van der Waals surface area (Å²) in [6, 6.07) is 11.5. The first-order valence-electron chi connectivity index (χ1n) is 6.96. The van der Waals surface area contributed by atoms with E-state index in [1.807, 2.05) is 19.1 Å². The van der Waals surface area contributed by atoms with Crippen molar-refractivity contribution in [2.45, 2.75) is 26.3 Å². The molecule has 0 aliphatic rings. The predicted molar refractivity (Wildman–Crippen MR) is 98.1 cm³/mol. The Morgan fingerprint density at radius 2 is 2.00 bits per heavy atom. The molecule has 2 aromatic carbocycles. The van der Waals surface area contributed by atoms with Crippen LogP contribution in [0, 0.1) is 16.3 Å². The maximum Gasteiger partial charge on any atom is 0.123 e. The van der Waals surface area contributed by atoms with Crippen LogP contribution in [-0.2, 0) is 0 Å². The second-order valence-electron chi connectivity index (χ2n) is 5.11. The van der Waals surface area contributed by atoms with E-state index in [-0.39, 0.29) is 11.9 Å². The Morgan fingerprint density at radius 1 is 1.24 bits per heavy atom. The van der Waals surface area contributed by atoms with Crippen LogP contribution in [0.1, 0.15) is 36.1 Å². The van der Waals surface area contributed by atoms with E-state index in [2.05, 4.69) is 62.9 Å². The monoisotopic (exact) mass is 461 g/mol. The summed E-state index contributed by atoms with van der Waals surface area (Å²) >= 11 is 5.92. The lowest BCUT2D eigenvalue weighted by molar-refractivity contribution is 0.583. The number of halogens is 3. The third-order valence-corrected chi connectivity index (χ3v) is 4.66. The van der Waals surface area contributed by atoms with E-state index in [9.17, 15) is 4.39 Å². The van der Waals surface area contributed by atoms with Crippen molar-refractivity contribution in [3.63, 3.8) is 0 Å². The predicted octanol–water partition coefficient (Wildman–Crippen LogP) is 5.59. The van der Waals surface area contributed by atoms with Crippen molar-refractivity contribution in [3.05, 3.63) is 66.9 Å². The van der Waals surface area contributed by atoms with Gasteiger partial charge in [0.15, 0.2) is 0 Å². The highest BCUT2D eigenvalue weighted by Gasteiger charge is 2.17. The summed E-state index contributed by atoms with van der Waals surface area (Å²) in [5.74, 6) is -0.185. The van der Waals surface area contributed by atoms with Gasteiger partial charge in [0, 0.05) is 8.04 Å². The zero-order valence-electron chi connectivity index (χ0n) is 12.1. The summed E-state index contributed by atoms with van der Waals surface area (Å²) in [5.41, 5.74) is 3.04. The third kappa shape index (κ3) is 4.50. The highest BCUT2D eigenvalue weighted by molar-refractivity contribution is 14.1. The zero-order valence-corrected chi connectivity index (χ0v) is 15.8. The normalized spacial score (nSPS) is 12.4. The second kappa shape index (κ2) is 7.70. The van der Waals surface area contributed by atoms with Crippen LogP contribution in [0.5, 0.6) is 0 Å². The van der Waals surface area contributed by atoms with E-state index in [1.165, 1.54) is 3.57 Å². The number of aryl methyl sites for hydroxylation is 1. The van der Waals surface area contributed by atoms with Crippen molar-refractivity contribution in [1.82, 2.24) is 5.32 Å². The van der Waals surface area contributed by atoms with Gasteiger partial charge in [-0.2, -0.15) is 0 Å². The van der Waals surface area contributed by atoms with Gasteiger partial charge >= 0.3 is 0 Å². The molecule has 1 N–H and O–H groups in total. The van der Waals surface area contributed by atoms with Gasteiger partial charge in [0.25, 0.3) is 0 Å². The summed E-state index contributed by atoms with van der Waals surface area (Å²) in [6.45, 7) is 4.94. The first-order chi connectivity index (χ1) is 10.0. The van der Waals surface area contributed by atoms with E-state index >= 15 is 0 Å². The molecule has 0 saturated heterocycles. The fourth-order valence-corrected chi connectivity index (χ4v) is 3.35. The molecular formula is C17H18BrFIN. The van der Waals surface area contributed by atoms with Crippen molar-refractivity contribution in [2.24, 2.45) is 0 Å². The van der Waals surface area contributed by atoms with Crippen LogP contribution in [0.15, 0.2) is 40.9 Å². The van der Waals surface area contributed by atoms with E-state index in [1.54, 1.807) is 12.1 Å². The van der Waals surface area contributed by atoms with E-state index in [4.69, 9.17) is 0 Å². The quantitative estimate of drug-likeness (QED) is 0.572. The fraction of sp³-hybridized carbons (Fsp3) is 0.294. The van der Waals surface area contributed by atoms with Crippen LogP contribution in [0.3, 0.4) is 0 Å². The summed E-state index contributed by atoms with van der Waals surface area (Å²) < 4.78 is 16.0. The molecule has 2 aromatic rings. The van der Waals surface area contributed by atoms with E-state index in [0.29, 0.717) is 0 Å². The number of benzene rings is 2. The number of nitrogens with one attached hydrogen (secondary N) is 1. The Morgan fingerprint density at radius 3 is 2.67 bits per heavy atom. The molecule has 112 valence electrons. The van der Waals surface area contributed by atoms with Gasteiger partial charge in [-0.3, -0.25) is 0 Å². The van der Waals surface area contributed by atoms with Crippen molar-refractivity contribution in [2.75, 3.05) is 6.54 Å². The van der Waals surface area contributed by atoms with Crippen LogP contribution < -0.4 is 5.32 Å². The first-order valence-corrected chi connectivity index (χ1v) is 8.84. The van der Waals surface area contributed by atoms with Crippen molar-refractivity contribution >= 4 is 38.5 Å². The summed E-state index contributed by atoms with van der Waals surface area (Å²) in [6.07, 6.45) is 1.03. The van der Waals surface area contributed by atoms with Crippen molar-refractivity contribution < 1.29 is 4.39 Å². The summed E-state index contributed by atoms with van der Waals surface area (Å²) in [5, 5.41) is 3.52. The highest BCUT2D eigenvalue weighted by Crippen LogP contribution is 2.31. The maximum atomic E-state index is 13.8. The van der Waals surface area contributed by atoms with E-state index in [0.717, 1.165) is 34.1 Å². The second-order valence-corrected chi connectivity index (χ2v) is 7.21. The Bertz CT molecular complexity index is 610. The molecule has 1 nitrogen and oxygen atoms in total. The van der Waals surface area contributed by atoms with Gasteiger partial charge in [0.05, 0.1) is 6.04 Å². The number of rotatable bonds is 5. The lowest BCUT2D eigenvalue weighted by atomic mass is 9.97. The summed E-state index contributed by atoms with van der Waals surface area (Å²) in [7, 11) is 0. The first kappa shape index (κ1) is 16.9. The fourth-order valence-electron chi connectivity index (χ4n) is 2.36. The molecule has 0 aromatic heterocycles. The highest BCUT2D eigenvalue weighted by atomic mass is 127. The van der Waals surface area contributed by atoms with Gasteiger partial charge < -0.3 is 5.32 Å². The minimum absolute atomic E-state index is 0.0107. The van der Waals surface area contributed by atoms with Gasteiger partial charge in [-0.1, -0.05) is 28.9 Å². The zero-order chi connectivity index (χ0) is 15.4. The Balaban J connectivity index is 2.49. The molecule has 1 unspecified atom stereocenters. The molecule has 0 amide bonds. The minimum Gasteiger partial charge on any atom is -0.306 e. The van der Waals surface area contributed by atoms with Gasteiger partial charge in [-0.15, -0.1) is 0 Å². The number of hydrogen-bond donors (Lipinski definition) is 1. The minimum atomic E-state index is -0.185. The van der Waals surface area contributed by atoms with Crippen LogP contribution in [0.25, 0.3) is 0 Å². The molecular weight excluding hydrogens is 444 g/mol. The topological polar surface area (TPSA) is 12.0 Å². The van der Waals surface area contributed by atoms with Crippen LogP contribution in [0.2, 0.25) is 0 Å². The SMILES string of the molecule is CCCNC(c1cc(C)cc(F)c1)c1cc(I)ccc1Br. The molecule has 0 aliphatic carbocycles. The molecule has 0 bridgehead atoms. The van der Waals surface area contributed by atoms with Crippen LogP contribution in [0.4, 0.5) is 4.39 Å². The molecule has 0 spiro atoms. The maximum absolute atomic E-state index is 13.8. The Kier molecular flexibility index (Phi) is 6.20. The molecule has 0 radical (unpaired) electrons. The number of hydrogen-bond acceptors (Lipinski definition) is 1. The largest absolute Gasteiger partial charge is 0.306 e. The Labute approximate surface area is 147 Å². The van der Waals surface area contributed by atoms with Crippen LogP contribution >= 0.6 is 38.5 Å². The van der Waals surface area contributed by atoms with Crippen molar-refractivity contribution in [3.8, 4) is 0 Å². The van der Waals surface area contributed by atoms with Gasteiger partial charge in [-0.25, -0.2) is 4.39 Å². The average molecular weight is 462 g/mol. The van der Waals surface area contributed by atoms with E-state index < -0.39 is 0 Å². The molecule has 21 heavy (non-hydrogen) atoms. The lowest BCUT2D eigenvalue weighted by Crippen LogP contribution is -2.24. The third-order valence-electron chi connectivity index (χ3n) is 3.27. The molecule has 0 aliphatic heterocycles. The van der Waals surface area contributed by atoms with Gasteiger partial charge in [0.1, 0.15) is 5.82 Å². The molecule has 1 atom stereocenters. The lowest BCUT2D eigenvalue weighted by Gasteiger charge is -2.22. The van der Waals surface area contributed by atoms with Crippen molar-refractivity contribution in [1.29, 1.82) is 0 Å². The molecule has 0 fully saturated rings. The standard InChI is InChI=1S/C17H18BrFIN/c1-3-6-21-17(12-7-11(2)8-13(19)9-12)15-10-14(20)4-5-16(15)18/h4-5,7-10,17,21H,3,6H2,1-2H3. The average Bonchev–Trinajstić information content (AvgIpc) is 2.42.